The molecule has 2 fully saturated rings. The van der Waals surface area contributed by atoms with Gasteiger partial charge in [-0.1, -0.05) is 6.92 Å². The Morgan fingerprint density at radius 2 is 2.17 bits per heavy atom. The van der Waals surface area contributed by atoms with Crippen LogP contribution in [0.15, 0.2) is 4.99 Å². The van der Waals surface area contributed by atoms with Gasteiger partial charge in [0.2, 0.25) is 0 Å². The number of urea groups is 1. The maximum atomic E-state index is 12.4. The van der Waals surface area contributed by atoms with Crippen LogP contribution in [0.2, 0.25) is 0 Å². The van der Waals surface area contributed by atoms with E-state index >= 15 is 0 Å². The van der Waals surface area contributed by atoms with Crippen molar-refractivity contribution < 1.29 is 14.3 Å². The van der Waals surface area contributed by atoms with Gasteiger partial charge in [-0.05, 0) is 18.8 Å². The van der Waals surface area contributed by atoms with E-state index < -0.39 is 12.2 Å². The second kappa shape index (κ2) is 6.35. The van der Waals surface area contributed by atoms with Crippen molar-refractivity contribution in [3.05, 3.63) is 0 Å². The summed E-state index contributed by atoms with van der Waals surface area (Å²) < 4.78 is 5.20. The van der Waals surface area contributed by atoms with E-state index in [1.807, 2.05) is 4.90 Å². The SMILES string of the molecule is COCCN1C(N2CCCC(C)C2)=NC2C1C(=O)NC(=O)N2C. The highest BCUT2D eigenvalue weighted by atomic mass is 16.5. The molecular weight excluding hydrogens is 298 g/mol. The minimum Gasteiger partial charge on any atom is -0.383 e. The highest BCUT2D eigenvalue weighted by Gasteiger charge is 2.49. The lowest BCUT2D eigenvalue weighted by molar-refractivity contribution is -0.127. The number of carbonyl (C=O) groups is 2. The summed E-state index contributed by atoms with van der Waals surface area (Å²) in [5.41, 5.74) is 0. The molecule has 3 amide bonds. The minimum atomic E-state index is -0.472. The van der Waals surface area contributed by atoms with Crippen LogP contribution in [0.25, 0.3) is 0 Å². The largest absolute Gasteiger partial charge is 0.383 e. The Morgan fingerprint density at radius 1 is 1.39 bits per heavy atom. The van der Waals surface area contributed by atoms with Gasteiger partial charge in [-0.15, -0.1) is 0 Å². The van der Waals surface area contributed by atoms with E-state index in [2.05, 4.69) is 17.1 Å². The van der Waals surface area contributed by atoms with Crippen molar-refractivity contribution in [2.75, 3.05) is 40.4 Å². The lowest BCUT2D eigenvalue weighted by atomic mass is 10.0. The van der Waals surface area contributed by atoms with Crippen LogP contribution in [-0.4, -0.2) is 85.2 Å². The van der Waals surface area contributed by atoms with Crippen LogP contribution in [0, 0.1) is 5.92 Å². The summed E-state index contributed by atoms with van der Waals surface area (Å²) in [6, 6.07) is -0.861. The number of nitrogens with one attached hydrogen (secondary N) is 1. The van der Waals surface area contributed by atoms with Crippen molar-refractivity contribution in [3.8, 4) is 0 Å². The molecule has 0 saturated carbocycles. The average Bonchev–Trinajstić information content (AvgIpc) is 2.91. The molecule has 1 N–H and O–H groups in total. The van der Waals surface area contributed by atoms with Gasteiger partial charge in [-0.25, -0.2) is 9.79 Å². The predicted octanol–water partition coefficient (Wildman–Crippen LogP) is -0.0874. The van der Waals surface area contributed by atoms with Crippen LogP contribution >= 0.6 is 0 Å². The number of likely N-dealkylation sites (N-methyl/N-ethyl adjacent to an activating group) is 1. The molecule has 8 heteroatoms. The molecular formula is C15H25N5O3. The van der Waals surface area contributed by atoms with E-state index in [0.29, 0.717) is 19.1 Å². The van der Waals surface area contributed by atoms with Crippen LogP contribution < -0.4 is 5.32 Å². The molecule has 0 aromatic rings. The van der Waals surface area contributed by atoms with Gasteiger partial charge in [0, 0.05) is 33.8 Å². The summed E-state index contributed by atoms with van der Waals surface area (Å²) in [5.74, 6) is 1.14. The van der Waals surface area contributed by atoms with Gasteiger partial charge in [0.15, 0.2) is 18.2 Å². The molecule has 0 radical (unpaired) electrons. The maximum Gasteiger partial charge on any atom is 0.325 e. The fourth-order valence-electron chi connectivity index (χ4n) is 3.57. The normalized spacial score (nSPS) is 31.2. The molecule has 0 bridgehead atoms. The molecule has 3 aliphatic heterocycles. The number of aliphatic imine (C=N–C) groups is 1. The number of hydrogen-bond donors (Lipinski definition) is 1. The molecule has 0 aliphatic carbocycles. The zero-order valence-electron chi connectivity index (χ0n) is 14.0. The molecule has 0 aromatic carbocycles. The Kier molecular flexibility index (Phi) is 4.43. The molecule has 8 nitrogen and oxygen atoms in total. The first-order valence-electron chi connectivity index (χ1n) is 8.19. The van der Waals surface area contributed by atoms with Crippen molar-refractivity contribution in [3.63, 3.8) is 0 Å². The summed E-state index contributed by atoms with van der Waals surface area (Å²) in [5, 5.41) is 2.41. The molecule has 3 rings (SSSR count). The van der Waals surface area contributed by atoms with Crippen molar-refractivity contribution in [2.24, 2.45) is 10.9 Å². The van der Waals surface area contributed by atoms with Crippen molar-refractivity contribution >= 4 is 17.9 Å². The Labute approximate surface area is 136 Å². The van der Waals surface area contributed by atoms with Gasteiger partial charge in [-0.2, -0.15) is 0 Å². The standard InChI is InChI=1S/C15H25N5O3/c1-10-5-4-6-19(9-10)14-16-12-11(20(14)7-8-23-3)13(21)17-15(22)18(12)2/h10-12H,4-9H2,1-3H3,(H,17,21,22). The Hall–Kier alpha value is -1.83. The molecule has 3 atom stereocenters. The Balaban J connectivity index is 1.88. The number of piperidine rings is 1. The van der Waals surface area contributed by atoms with Crippen LogP contribution in [-0.2, 0) is 9.53 Å². The smallest absolute Gasteiger partial charge is 0.325 e. The number of guanidine groups is 1. The van der Waals surface area contributed by atoms with Gasteiger partial charge in [0.1, 0.15) is 0 Å². The van der Waals surface area contributed by atoms with Crippen LogP contribution in [0.1, 0.15) is 19.8 Å². The summed E-state index contributed by atoms with van der Waals surface area (Å²) >= 11 is 0. The van der Waals surface area contributed by atoms with E-state index in [1.165, 1.54) is 11.3 Å². The zero-order valence-corrected chi connectivity index (χ0v) is 14.0. The Bertz CT molecular complexity index is 523. The fourth-order valence-corrected chi connectivity index (χ4v) is 3.57. The Morgan fingerprint density at radius 3 is 2.87 bits per heavy atom. The molecule has 3 unspecified atom stereocenters. The summed E-state index contributed by atoms with van der Waals surface area (Å²) in [4.78, 5) is 34.7. The monoisotopic (exact) mass is 323 g/mol. The van der Waals surface area contributed by atoms with E-state index in [4.69, 9.17) is 9.73 Å². The second-order valence-corrected chi connectivity index (χ2v) is 6.57. The quantitative estimate of drug-likeness (QED) is 0.786. The molecule has 0 spiro atoms. The minimum absolute atomic E-state index is 0.280. The lowest BCUT2D eigenvalue weighted by Crippen LogP contribution is -2.64. The van der Waals surface area contributed by atoms with Gasteiger partial charge in [0.05, 0.1) is 6.61 Å². The molecule has 0 aromatic heterocycles. The first kappa shape index (κ1) is 16.0. The summed E-state index contributed by atoms with van der Waals surface area (Å²) in [7, 11) is 3.32. The highest BCUT2D eigenvalue weighted by molar-refractivity contribution is 6.03. The van der Waals surface area contributed by atoms with Gasteiger partial charge >= 0.3 is 6.03 Å². The predicted molar refractivity (Wildman–Crippen MR) is 84.9 cm³/mol. The number of hydrogen-bond acceptors (Lipinski definition) is 6. The highest BCUT2D eigenvalue weighted by Crippen LogP contribution is 2.27. The second-order valence-electron chi connectivity index (χ2n) is 6.57. The first-order chi connectivity index (χ1) is 11.0. The average molecular weight is 323 g/mol. The lowest BCUT2D eigenvalue weighted by Gasteiger charge is -2.39. The van der Waals surface area contributed by atoms with Crippen molar-refractivity contribution in [1.82, 2.24) is 20.0 Å². The van der Waals surface area contributed by atoms with Crippen LogP contribution in [0.5, 0.6) is 0 Å². The van der Waals surface area contributed by atoms with E-state index in [1.54, 1.807) is 14.2 Å². The van der Waals surface area contributed by atoms with Crippen LogP contribution in [0.4, 0.5) is 4.79 Å². The number of carbonyl (C=O) groups excluding carboxylic acids is 2. The third-order valence-electron chi connectivity index (χ3n) is 4.81. The third-order valence-corrected chi connectivity index (χ3v) is 4.81. The number of ether oxygens (including phenoxy) is 1. The number of likely N-dealkylation sites (tertiary alicyclic amines) is 1. The van der Waals surface area contributed by atoms with Gasteiger partial charge in [0.25, 0.3) is 5.91 Å². The molecule has 3 aliphatic rings. The maximum absolute atomic E-state index is 12.4. The third kappa shape index (κ3) is 2.87. The van der Waals surface area contributed by atoms with E-state index in [9.17, 15) is 9.59 Å². The number of imide groups is 1. The van der Waals surface area contributed by atoms with E-state index in [-0.39, 0.29) is 11.9 Å². The van der Waals surface area contributed by atoms with Crippen molar-refractivity contribution in [2.45, 2.75) is 32.0 Å². The number of fused-ring (bicyclic) bond motifs is 1. The summed E-state index contributed by atoms with van der Waals surface area (Å²) in [6.45, 7) is 5.19. The molecule has 128 valence electrons. The van der Waals surface area contributed by atoms with E-state index in [0.717, 1.165) is 25.5 Å². The number of nitrogens with zero attached hydrogens (tertiary/aromatic N) is 4. The zero-order chi connectivity index (χ0) is 16.6. The van der Waals surface area contributed by atoms with Gasteiger partial charge in [-0.3, -0.25) is 10.1 Å². The number of rotatable bonds is 3. The van der Waals surface area contributed by atoms with Crippen LogP contribution in [0.3, 0.4) is 0 Å². The molecule has 23 heavy (non-hydrogen) atoms. The first-order valence-corrected chi connectivity index (χ1v) is 8.19. The fraction of sp³-hybridized carbons (Fsp3) is 0.800. The van der Waals surface area contributed by atoms with Gasteiger partial charge < -0.3 is 19.4 Å². The molecule has 3 heterocycles. The van der Waals surface area contributed by atoms with Crippen molar-refractivity contribution in [1.29, 1.82) is 0 Å². The topological polar surface area (TPSA) is 77.5 Å². The number of methoxy groups -OCH3 is 1. The molecule has 2 saturated heterocycles. The number of amides is 3. The summed E-state index contributed by atoms with van der Waals surface area (Å²) in [6.07, 6.45) is 1.88.